The van der Waals surface area contributed by atoms with Gasteiger partial charge in [-0.1, -0.05) is 58.3 Å². The molecule has 2 nitrogen and oxygen atoms in total. The fourth-order valence-electron chi connectivity index (χ4n) is 4.54. The fourth-order valence-corrected chi connectivity index (χ4v) is 4.54. The van der Waals surface area contributed by atoms with Crippen molar-refractivity contribution in [1.29, 1.82) is 0 Å². The quantitative estimate of drug-likeness (QED) is 0.632. The van der Waals surface area contributed by atoms with Gasteiger partial charge in [-0.2, -0.15) is 0 Å². The summed E-state index contributed by atoms with van der Waals surface area (Å²) in [7, 11) is 2.17. The van der Waals surface area contributed by atoms with Crippen LogP contribution in [0.25, 0.3) is 0 Å². The van der Waals surface area contributed by atoms with Gasteiger partial charge in [0.05, 0.1) is 5.60 Å². The van der Waals surface area contributed by atoms with E-state index in [9.17, 15) is 0 Å². The molecule has 0 amide bonds. The largest absolute Gasteiger partial charge is 0.375 e. The molecule has 2 atom stereocenters. The third-order valence-electron chi connectivity index (χ3n) is 5.85. The van der Waals surface area contributed by atoms with Gasteiger partial charge in [-0.15, -0.1) is 0 Å². The van der Waals surface area contributed by atoms with Gasteiger partial charge in [0, 0.05) is 12.6 Å². The summed E-state index contributed by atoms with van der Waals surface area (Å²) in [4.78, 5) is 0. The Morgan fingerprint density at radius 2 is 1.86 bits per heavy atom. The first-order valence-electron chi connectivity index (χ1n) is 9.61. The van der Waals surface area contributed by atoms with Gasteiger partial charge < -0.3 is 10.1 Å². The second-order valence-electron chi connectivity index (χ2n) is 7.44. The normalized spacial score (nSPS) is 26.9. The van der Waals surface area contributed by atoms with Crippen LogP contribution in [0, 0.1) is 5.92 Å². The van der Waals surface area contributed by atoms with E-state index < -0.39 is 0 Å². The Balaban J connectivity index is 1.77. The Morgan fingerprint density at radius 3 is 2.57 bits per heavy atom. The number of hydrogen-bond donors (Lipinski definition) is 1. The third-order valence-corrected chi connectivity index (χ3v) is 5.85. The lowest BCUT2D eigenvalue weighted by atomic mass is 9.73. The lowest BCUT2D eigenvalue weighted by molar-refractivity contribution is -0.121. The maximum atomic E-state index is 6.26. The Hall–Kier alpha value is -0.0800. The number of hydrogen-bond acceptors (Lipinski definition) is 2. The molecule has 1 saturated carbocycles. The highest BCUT2D eigenvalue weighted by atomic mass is 16.5. The van der Waals surface area contributed by atoms with Gasteiger partial charge in [0.15, 0.2) is 0 Å². The van der Waals surface area contributed by atoms with Crippen molar-refractivity contribution in [2.24, 2.45) is 5.92 Å². The van der Waals surface area contributed by atoms with Crippen LogP contribution < -0.4 is 5.32 Å². The highest BCUT2D eigenvalue weighted by Crippen LogP contribution is 2.42. The summed E-state index contributed by atoms with van der Waals surface area (Å²) in [6.45, 7) is 3.29. The van der Waals surface area contributed by atoms with Crippen LogP contribution in [0.3, 0.4) is 0 Å². The first-order valence-corrected chi connectivity index (χ1v) is 9.61. The van der Waals surface area contributed by atoms with Crippen molar-refractivity contribution in [1.82, 2.24) is 5.32 Å². The maximum Gasteiger partial charge on any atom is 0.0685 e. The highest BCUT2D eigenvalue weighted by molar-refractivity contribution is 4.92. The van der Waals surface area contributed by atoms with Crippen molar-refractivity contribution < 1.29 is 4.74 Å². The van der Waals surface area contributed by atoms with Crippen LogP contribution in [0.4, 0.5) is 0 Å². The summed E-state index contributed by atoms with van der Waals surface area (Å²) < 4.78 is 6.26. The molecule has 1 aliphatic heterocycles. The Kier molecular flexibility index (Phi) is 7.53. The van der Waals surface area contributed by atoms with E-state index in [0.29, 0.717) is 6.04 Å². The standard InChI is InChI=1S/C19H37NO/c1-3-4-5-6-8-11-18(20-2)17-12-15-21-19(16-17)13-9-7-10-14-19/h17-18,20H,3-16H2,1-2H3. The molecule has 21 heavy (non-hydrogen) atoms. The molecule has 0 radical (unpaired) electrons. The van der Waals surface area contributed by atoms with Gasteiger partial charge >= 0.3 is 0 Å². The molecule has 0 bridgehead atoms. The molecule has 2 fully saturated rings. The zero-order valence-electron chi connectivity index (χ0n) is 14.5. The summed E-state index contributed by atoms with van der Waals surface area (Å²) in [6.07, 6.45) is 17.7. The Morgan fingerprint density at radius 1 is 1.10 bits per heavy atom. The molecule has 1 aliphatic carbocycles. The molecule has 0 aromatic heterocycles. The van der Waals surface area contributed by atoms with E-state index in [4.69, 9.17) is 4.74 Å². The van der Waals surface area contributed by atoms with E-state index in [1.54, 1.807) is 0 Å². The summed E-state index contributed by atoms with van der Waals surface area (Å²) in [5.41, 5.74) is 0.262. The molecule has 1 heterocycles. The van der Waals surface area contributed by atoms with Gasteiger partial charge in [0.25, 0.3) is 0 Å². The lowest BCUT2D eigenvalue weighted by Crippen LogP contribution is -2.47. The van der Waals surface area contributed by atoms with Crippen molar-refractivity contribution in [2.45, 2.75) is 102 Å². The third kappa shape index (κ3) is 5.25. The zero-order valence-corrected chi connectivity index (χ0v) is 14.5. The first kappa shape index (κ1) is 17.3. The van der Waals surface area contributed by atoms with Crippen LogP contribution in [-0.4, -0.2) is 25.3 Å². The summed E-state index contributed by atoms with van der Waals surface area (Å²) >= 11 is 0. The molecule has 1 spiro atoms. The second kappa shape index (κ2) is 9.15. The van der Waals surface area contributed by atoms with Crippen LogP contribution in [-0.2, 0) is 4.74 Å². The predicted molar refractivity (Wildman–Crippen MR) is 90.7 cm³/mol. The molecule has 124 valence electrons. The van der Waals surface area contributed by atoms with Crippen molar-refractivity contribution in [3.05, 3.63) is 0 Å². The van der Waals surface area contributed by atoms with Crippen LogP contribution >= 0.6 is 0 Å². The van der Waals surface area contributed by atoms with Crippen LogP contribution in [0.1, 0.15) is 90.4 Å². The number of nitrogens with one attached hydrogen (secondary N) is 1. The lowest BCUT2D eigenvalue weighted by Gasteiger charge is -2.45. The minimum absolute atomic E-state index is 0.262. The van der Waals surface area contributed by atoms with E-state index >= 15 is 0 Å². The second-order valence-corrected chi connectivity index (χ2v) is 7.44. The van der Waals surface area contributed by atoms with Gasteiger partial charge in [-0.05, 0) is 45.1 Å². The molecule has 1 N–H and O–H groups in total. The van der Waals surface area contributed by atoms with Crippen molar-refractivity contribution in [3.8, 4) is 0 Å². The van der Waals surface area contributed by atoms with Crippen LogP contribution in [0.2, 0.25) is 0 Å². The minimum atomic E-state index is 0.262. The van der Waals surface area contributed by atoms with Gasteiger partial charge in [-0.25, -0.2) is 0 Å². The Bertz CT molecular complexity index is 267. The first-order chi connectivity index (χ1) is 10.3. The van der Waals surface area contributed by atoms with E-state index in [-0.39, 0.29) is 5.60 Å². The van der Waals surface area contributed by atoms with E-state index in [1.165, 1.54) is 83.5 Å². The summed E-state index contributed by atoms with van der Waals surface area (Å²) in [6, 6.07) is 0.717. The van der Waals surface area contributed by atoms with E-state index in [1.807, 2.05) is 0 Å². The monoisotopic (exact) mass is 295 g/mol. The number of unbranched alkanes of at least 4 members (excludes halogenated alkanes) is 4. The number of rotatable bonds is 8. The average Bonchev–Trinajstić information content (AvgIpc) is 2.52. The van der Waals surface area contributed by atoms with Crippen LogP contribution in [0.15, 0.2) is 0 Å². The summed E-state index contributed by atoms with van der Waals surface area (Å²) in [5, 5.41) is 3.63. The van der Waals surface area contributed by atoms with Gasteiger partial charge in [0.2, 0.25) is 0 Å². The Labute approximate surface area is 132 Å². The van der Waals surface area contributed by atoms with Crippen LogP contribution in [0.5, 0.6) is 0 Å². The molecule has 0 aromatic carbocycles. The molecular formula is C19H37NO. The van der Waals surface area contributed by atoms with Gasteiger partial charge in [-0.3, -0.25) is 0 Å². The smallest absolute Gasteiger partial charge is 0.0685 e. The van der Waals surface area contributed by atoms with E-state index in [0.717, 1.165) is 12.5 Å². The molecule has 2 heteroatoms. The van der Waals surface area contributed by atoms with Crippen molar-refractivity contribution >= 4 is 0 Å². The van der Waals surface area contributed by atoms with Crippen molar-refractivity contribution in [2.75, 3.05) is 13.7 Å². The molecule has 2 aliphatic rings. The number of ether oxygens (including phenoxy) is 1. The highest BCUT2D eigenvalue weighted by Gasteiger charge is 2.40. The molecule has 1 saturated heterocycles. The minimum Gasteiger partial charge on any atom is -0.375 e. The molecule has 2 rings (SSSR count). The molecule has 0 aromatic rings. The fraction of sp³-hybridized carbons (Fsp3) is 1.00. The maximum absolute atomic E-state index is 6.26. The zero-order chi connectivity index (χ0) is 15.0. The average molecular weight is 296 g/mol. The topological polar surface area (TPSA) is 21.3 Å². The van der Waals surface area contributed by atoms with E-state index in [2.05, 4.69) is 19.3 Å². The SMILES string of the molecule is CCCCCCCC(NC)C1CCOC2(CCCCC2)C1. The predicted octanol–water partition coefficient (Wildman–Crippen LogP) is 5.06. The van der Waals surface area contributed by atoms with Gasteiger partial charge in [0.1, 0.15) is 0 Å². The molecule has 2 unspecified atom stereocenters. The van der Waals surface area contributed by atoms with Crippen molar-refractivity contribution in [3.63, 3.8) is 0 Å². The molecular weight excluding hydrogens is 258 g/mol. The summed E-state index contributed by atoms with van der Waals surface area (Å²) in [5.74, 6) is 0.841.